The van der Waals surface area contributed by atoms with Crippen LogP contribution in [-0.4, -0.2) is 18.7 Å². The number of halogens is 5. The summed E-state index contributed by atoms with van der Waals surface area (Å²) >= 11 is 1.02. The van der Waals surface area contributed by atoms with E-state index in [9.17, 15) is 26.7 Å². The Hall–Kier alpha value is -2.16. The number of carbonyl (C=O) groups excluding carboxylic acids is 1. The van der Waals surface area contributed by atoms with Crippen molar-refractivity contribution in [3.8, 4) is 5.06 Å². The van der Waals surface area contributed by atoms with E-state index in [0.717, 1.165) is 17.4 Å². The van der Waals surface area contributed by atoms with Crippen molar-refractivity contribution in [1.82, 2.24) is 5.32 Å². The molecule has 3 atom stereocenters. The van der Waals surface area contributed by atoms with Gasteiger partial charge in [0.1, 0.15) is 11.6 Å². The Morgan fingerprint density at radius 3 is 2.56 bits per heavy atom. The third kappa shape index (κ3) is 5.18. The zero-order valence-electron chi connectivity index (χ0n) is 14.1. The average molecular weight is 405 g/mol. The first-order valence-electron chi connectivity index (χ1n) is 8.18. The molecule has 1 fully saturated rings. The van der Waals surface area contributed by atoms with E-state index in [0.29, 0.717) is 16.9 Å². The van der Waals surface area contributed by atoms with Gasteiger partial charge in [0, 0.05) is 16.9 Å². The largest absolute Gasteiger partial charge is 0.475 e. The second kappa shape index (κ2) is 7.46. The summed E-state index contributed by atoms with van der Waals surface area (Å²) in [5, 5.41) is 2.89. The van der Waals surface area contributed by atoms with Crippen LogP contribution in [0.5, 0.6) is 5.06 Å². The molecule has 1 aromatic carbocycles. The number of thiophene rings is 1. The van der Waals surface area contributed by atoms with Crippen molar-refractivity contribution < 1.29 is 31.5 Å². The van der Waals surface area contributed by atoms with Crippen molar-refractivity contribution in [2.24, 2.45) is 5.92 Å². The first-order valence-corrected chi connectivity index (χ1v) is 8.99. The van der Waals surface area contributed by atoms with E-state index in [4.69, 9.17) is 0 Å². The number of hydrogen-bond acceptors (Lipinski definition) is 3. The molecule has 1 N–H and O–H groups in total. The fraction of sp³-hybridized carbons (Fsp3) is 0.389. The fourth-order valence-corrected chi connectivity index (χ4v) is 3.69. The van der Waals surface area contributed by atoms with E-state index < -0.39 is 30.5 Å². The number of amides is 1. The van der Waals surface area contributed by atoms with Crippen LogP contribution in [0.15, 0.2) is 30.3 Å². The third-order valence-corrected chi connectivity index (χ3v) is 5.39. The topological polar surface area (TPSA) is 38.3 Å². The first kappa shape index (κ1) is 19.6. The molecule has 1 heterocycles. The molecule has 9 heteroatoms. The second-order valence-corrected chi connectivity index (χ2v) is 7.52. The van der Waals surface area contributed by atoms with Gasteiger partial charge in [0.15, 0.2) is 11.7 Å². The highest BCUT2D eigenvalue weighted by molar-refractivity contribution is 7.13. The Labute approximate surface area is 156 Å². The average Bonchev–Trinajstić information content (AvgIpc) is 3.21. The standard InChI is InChI=1S/C18H16F5NO2S/c1-9(15-2-3-16(27-15)26-8-18(21,22)23)24-17(25)14-7-13(14)10-4-11(19)6-12(20)5-10/h2-6,9,13-14H,7-8H2,1H3,(H,24,25)/t9?,13-,14+/m1/s1. The monoisotopic (exact) mass is 405 g/mol. The van der Waals surface area contributed by atoms with Crippen molar-refractivity contribution >= 4 is 17.2 Å². The van der Waals surface area contributed by atoms with Crippen LogP contribution in [0, 0.1) is 17.6 Å². The van der Waals surface area contributed by atoms with Crippen LogP contribution in [0.2, 0.25) is 0 Å². The van der Waals surface area contributed by atoms with Crippen molar-refractivity contribution in [2.75, 3.05) is 6.61 Å². The summed E-state index contributed by atoms with van der Waals surface area (Å²) in [6.45, 7) is 0.332. The Bertz CT molecular complexity index is 815. The summed E-state index contributed by atoms with van der Waals surface area (Å²) < 4.78 is 67.8. The molecular formula is C18H16F5NO2S. The molecule has 0 bridgehead atoms. The number of nitrogens with one attached hydrogen (secondary N) is 1. The van der Waals surface area contributed by atoms with Gasteiger partial charge in [0.2, 0.25) is 5.91 Å². The van der Waals surface area contributed by atoms with E-state index in [-0.39, 0.29) is 22.8 Å². The lowest BCUT2D eigenvalue weighted by Crippen LogP contribution is -2.27. The zero-order valence-corrected chi connectivity index (χ0v) is 15.0. The van der Waals surface area contributed by atoms with Crippen molar-refractivity contribution in [2.45, 2.75) is 31.5 Å². The number of alkyl halides is 3. The molecular weight excluding hydrogens is 389 g/mol. The first-order chi connectivity index (χ1) is 12.6. The van der Waals surface area contributed by atoms with Gasteiger partial charge in [-0.15, -0.1) is 11.3 Å². The summed E-state index contributed by atoms with van der Waals surface area (Å²) in [5.74, 6) is -2.25. The minimum atomic E-state index is -4.42. The van der Waals surface area contributed by atoms with Crippen LogP contribution in [0.25, 0.3) is 0 Å². The second-order valence-electron chi connectivity index (χ2n) is 6.44. The summed E-state index contributed by atoms with van der Waals surface area (Å²) in [6, 6.07) is 5.80. The maximum Gasteiger partial charge on any atom is 0.422 e. The molecule has 0 spiro atoms. The van der Waals surface area contributed by atoms with Gasteiger partial charge in [-0.3, -0.25) is 4.79 Å². The van der Waals surface area contributed by atoms with E-state index >= 15 is 0 Å². The van der Waals surface area contributed by atoms with Crippen LogP contribution in [0.4, 0.5) is 22.0 Å². The molecule has 1 aromatic heterocycles. The highest BCUT2D eigenvalue weighted by Crippen LogP contribution is 2.48. The SMILES string of the molecule is CC(NC(=O)[C@H]1C[C@@H]1c1cc(F)cc(F)c1)c1ccc(OCC(F)(F)F)s1. The number of hydrogen-bond donors (Lipinski definition) is 1. The number of ether oxygens (including phenoxy) is 1. The molecule has 0 aliphatic heterocycles. The highest BCUT2D eigenvalue weighted by Gasteiger charge is 2.44. The smallest absolute Gasteiger partial charge is 0.422 e. The lowest BCUT2D eigenvalue weighted by atomic mass is 10.1. The number of carbonyl (C=O) groups is 1. The zero-order chi connectivity index (χ0) is 19.8. The Kier molecular flexibility index (Phi) is 5.41. The van der Waals surface area contributed by atoms with Gasteiger partial charge < -0.3 is 10.1 Å². The van der Waals surface area contributed by atoms with Gasteiger partial charge in [0.25, 0.3) is 0 Å². The van der Waals surface area contributed by atoms with Crippen LogP contribution in [0.3, 0.4) is 0 Å². The molecule has 1 unspecified atom stereocenters. The van der Waals surface area contributed by atoms with Crippen LogP contribution < -0.4 is 10.1 Å². The lowest BCUT2D eigenvalue weighted by molar-refractivity contribution is -0.152. The maximum atomic E-state index is 13.3. The summed E-state index contributed by atoms with van der Waals surface area (Å²) in [5.41, 5.74) is 0.444. The molecule has 27 heavy (non-hydrogen) atoms. The van der Waals surface area contributed by atoms with Gasteiger partial charge >= 0.3 is 6.18 Å². The molecule has 3 rings (SSSR count). The minimum Gasteiger partial charge on any atom is -0.475 e. The molecule has 1 amide bonds. The highest BCUT2D eigenvalue weighted by atomic mass is 32.1. The van der Waals surface area contributed by atoms with E-state index in [1.54, 1.807) is 13.0 Å². The normalized spacial score (nSPS) is 20.2. The number of rotatable bonds is 6. The van der Waals surface area contributed by atoms with Gasteiger partial charge in [-0.25, -0.2) is 8.78 Å². The predicted octanol–water partition coefficient (Wildman–Crippen LogP) is 4.95. The van der Waals surface area contributed by atoms with Gasteiger partial charge in [-0.1, -0.05) is 0 Å². The van der Waals surface area contributed by atoms with Crippen LogP contribution in [0.1, 0.15) is 35.7 Å². The number of benzene rings is 1. The Morgan fingerprint density at radius 1 is 1.26 bits per heavy atom. The van der Waals surface area contributed by atoms with E-state index in [2.05, 4.69) is 10.1 Å². The lowest BCUT2D eigenvalue weighted by Gasteiger charge is -2.12. The molecule has 1 aliphatic carbocycles. The summed E-state index contributed by atoms with van der Waals surface area (Å²) in [4.78, 5) is 13.0. The predicted molar refractivity (Wildman–Crippen MR) is 89.6 cm³/mol. The van der Waals surface area contributed by atoms with Crippen molar-refractivity contribution in [1.29, 1.82) is 0 Å². The fourth-order valence-electron chi connectivity index (χ4n) is 2.83. The van der Waals surface area contributed by atoms with Crippen LogP contribution in [-0.2, 0) is 4.79 Å². The molecule has 1 aliphatic rings. The van der Waals surface area contributed by atoms with Crippen molar-refractivity contribution in [3.05, 3.63) is 52.4 Å². The summed E-state index contributed by atoms with van der Waals surface area (Å²) in [7, 11) is 0. The maximum absolute atomic E-state index is 13.3. The molecule has 0 saturated heterocycles. The van der Waals surface area contributed by atoms with Crippen molar-refractivity contribution in [3.63, 3.8) is 0 Å². The van der Waals surface area contributed by atoms with Crippen LogP contribution >= 0.6 is 11.3 Å². The molecule has 3 nitrogen and oxygen atoms in total. The molecule has 0 radical (unpaired) electrons. The quantitative estimate of drug-likeness (QED) is 0.691. The van der Waals surface area contributed by atoms with E-state index in [1.807, 2.05) is 0 Å². The van der Waals surface area contributed by atoms with Gasteiger partial charge in [0.05, 0.1) is 6.04 Å². The Morgan fingerprint density at radius 2 is 1.93 bits per heavy atom. The molecule has 1 saturated carbocycles. The molecule has 2 aromatic rings. The Balaban J connectivity index is 1.55. The third-order valence-electron chi connectivity index (χ3n) is 4.21. The van der Waals surface area contributed by atoms with Gasteiger partial charge in [-0.05, 0) is 49.1 Å². The molecule has 146 valence electrons. The van der Waals surface area contributed by atoms with Gasteiger partial charge in [-0.2, -0.15) is 13.2 Å². The summed E-state index contributed by atoms with van der Waals surface area (Å²) in [6.07, 6.45) is -3.92. The minimum absolute atomic E-state index is 0.114. The van der Waals surface area contributed by atoms with E-state index in [1.165, 1.54) is 18.2 Å².